The van der Waals surface area contributed by atoms with Crippen LogP contribution in [0, 0.1) is 0 Å². The van der Waals surface area contributed by atoms with E-state index in [0.29, 0.717) is 6.54 Å². The van der Waals surface area contributed by atoms with Crippen molar-refractivity contribution in [1.29, 1.82) is 0 Å². The monoisotopic (exact) mass is 287 g/mol. The number of carbonyl (C=O) groups is 1. The molecule has 0 unspecified atom stereocenters. The van der Waals surface area contributed by atoms with Gasteiger partial charge in [0.2, 0.25) is 0 Å². The van der Waals surface area contributed by atoms with Crippen LogP contribution in [0.25, 0.3) is 0 Å². The van der Waals surface area contributed by atoms with Crippen LogP contribution in [0.5, 0.6) is 0 Å². The van der Waals surface area contributed by atoms with Crippen molar-refractivity contribution in [3.05, 3.63) is 41.5 Å². The Kier molecular flexibility index (Phi) is 4.93. The van der Waals surface area contributed by atoms with Crippen LogP contribution in [0.15, 0.2) is 40.8 Å². The third-order valence-corrected chi connectivity index (χ3v) is 3.50. The van der Waals surface area contributed by atoms with Crippen LogP contribution in [-0.2, 0) is 9.05 Å². The van der Waals surface area contributed by atoms with Crippen molar-refractivity contribution in [2.75, 3.05) is 6.54 Å². The summed E-state index contributed by atoms with van der Waals surface area (Å²) in [6, 6.07) is 5.60. The van der Waals surface area contributed by atoms with E-state index < -0.39 is 9.05 Å². The van der Waals surface area contributed by atoms with Crippen molar-refractivity contribution in [2.24, 2.45) is 0 Å². The second-order valence-electron chi connectivity index (χ2n) is 3.96. The maximum Gasteiger partial charge on any atom is 0.261 e. The van der Waals surface area contributed by atoms with Gasteiger partial charge in [-0.05, 0) is 32.0 Å². The van der Waals surface area contributed by atoms with Crippen molar-refractivity contribution >= 4 is 25.6 Å². The van der Waals surface area contributed by atoms with Crippen LogP contribution in [0.4, 0.5) is 0 Å². The van der Waals surface area contributed by atoms with Crippen LogP contribution < -0.4 is 5.32 Å². The van der Waals surface area contributed by atoms with E-state index in [1.165, 1.54) is 24.3 Å². The highest BCUT2D eigenvalue weighted by Gasteiger charge is 2.12. The summed E-state index contributed by atoms with van der Waals surface area (Å²) in [5.41, 5.74) is 1.35. The van der Waals surface area contributed by atoms with Crippen LogP contribution in [0.1, 0.15) is 24.2 Å². The number of allylic oxidation sites excluding steroid dienone is 1. The van der Waals surface area contributed by atoms with Gasteiger partial charge in [-0.2, -0.15) is 0 Å². The van der Waals surface area contributed by atoms with E-state index in [1.807, 2.05) is 19.9 Å². The molecule has 1 amide bonds. The molecule has 4 nitrogen and oxygen atoms in total. The molecule has 6 heteroatoms. The van der Waals surface area contributed by atoms with Gasteiger partial charge in [0.05, 0.1) is 4.90 Å². The van der Waals surface area contributed by atoms with Crippen LogP contribution >= 0.6 is 10.7 Å². The molecule has 0 spiro atoms. The van der Waals surface area contributed by atoms with E-state index in [0.717, 1.165) is 5.57 Å². The molecular weight excluding hydrogens is 274 g/mol. The van der Waals surface area contributed by atoms with E-state index in [1.54, 1.807) is 0 Å². The second kappa shape index (κ2) is 6.02. The molecule has 1 aromatic rings. The molecule has 0 bridgehead atoms. The van der Waals surface area contributed by atoms with E-state index in [-0.39, 0.29) is 16.4 Å². The number of rotatable bonds is 4. The van der Waals surface area contributed by atoms with E-state index >= 15 is 0 Å². The van der Waals surface area contributed by atoms with E-state index in [4.69, 9.17) is 10.7 Å². The first-order chi connectivity index (χ1) is 8.30. The maximum atomic E-state index is 11.7. The van der Waals surface area contributed by atoms with Crippen molar-refractivity contribution in [3.63, 3.8) is 0 Å². The molecule has 0 fully saturated rings. The van der Waals surface area contributed by atoms with Gasteiger partial charge < -0.3 is 5.32 Å². The molecule has 0 radical (unpaired) electrons. The minimum absolute atomic E-state index is 0.0842. The highest BCUT2D eigenvalue weighted by molar-refractivity contribution is 8.13. The molecule has 0 atom stereocenters. The molecule has 0 aliphatic rings. The number of halogens is 1. The summed E-state index contributed by atoms with van der Waals surface area (Å²) in [6.45, 7) is 4.25. The molecule has 0 saturated carbocycles. The fourth-order valence-electron chi connectivity index (χ4n) is 1.24. The van der Waals surface area contributed by atoms with E-state index in [9.17, 15) is 13.2 Å². The summed E-state index contributed by atoms with van der Waals surface area (Å²) >= 11 is 0. The van der Waals surface area contributed by atoms with Crippen molar-refractivity contribution in [2.45, 2.75) is 18.7 Å². The summed E-state index contributed by atoms with van der Waals surface area (Å²) in [7, 11) is 1.40. The first kappa shape index (κ1) is 14.7. The predicted molar refractivity (Wildman–Crippen MR) is 71.2 cm³/mol. The molecule has 1 N–H and O–H groups in total. The standard InChI is InChI=1S/C12H14ClNO3S/c1-9(2)6-7-14-12(15)10-4-3-5-11(8-10)18(13,16)17/h3-6,8H,7H2,1-2H3,(H,14,15). The molecule has 1 aromatic carbocycles. The third-order valence-electron chi connectivity index (χ3n) is 2.15. The Morgan fingerprint density at radius 1 is 1.39 bits per heavy atom. The fraction of sp³-hybridized carbons (Fsp3) is 0.250. The van der Waals surface area contributed by atoms with Gasteiger partial charge >= 0.3 is 0 Å². The van der Waals surface area contributed by atoms with Gasteiger partial charge in [-0.15, -0.1) is 0 Å². The Balaban J connectivity index is 2.84. The van der Waals surface area contributed by atoms with Gasteiger partial charge in [-0.3, -0.25) is 4.79 Å². The summed E-state index contributed by atoms with van der Waals surface area (Å²) in [4.78, 5) is 11.6. The van der Waals surface area contributed by atoms with E-state index in [2.05, 4.69) is 5.32 Å². The Hall–Kier alpha value is -1.33. The average molecular weight is 288 g/mol. The molecule has 0 aliphatic heterocycles. The highest BCUT2D eigenvalue weighted by Crippen LogP contribution is 2.16. The maximum absolute atomic E-state index is 11.7. The Morgan fingerprint density at radius 3 is 2.61 bits per heavy atom. The molecule has 0 aliphatic carbocycles. The minimum Gasteiger partial charge on any atom is -0.349 e. The highest BCUT2D eigenvalue weighted by atomic mass is 35.7. The second-order valence-corrected chi connectivity index (χ2v) is 6.52. The minimum atomic E-state index is -3.81. The topological polar surface area (TPSA) is 63.2 Å². The first-order valence-corrected chi connectivity index (χ1v) is 7.58. The largest absolute Gasteiger partial charge is 0.349 e. The van der Waals surface area contributed by atoms with Crippen LogP contribution in [0.3, 0.4) is 0 Å². The molecule has 1 rings (SSSR count). The van der Waals surface area contributed by atoms with Crippen molar-refractivity contribution in [1.82, 2.24) is 5.32 Å². The summed E-state index contributed by atoms with van der Waals surface area (Å²) in [6.07, 6.45) is 1.86. The molecular formula is C12H14ClNO3S. The first-order valence-electron chi connectivity index (χ1n) is 5.27. The molecule has 98 valence electrons. The van der Waals surface area contributed by atoms with Gasteiger partial charge in [0.25, 0.3) is 15.0 Å². The zero-order valence-corrected chi connectivity index (χ0v) is 11.7. The van der Waals surface area contributed by atoms with Crippen LogP contribution in [-0.4, -0.2) is 20.9 Å². The SMILES string of the molecule is CC(C)=CCNC(=O)c1cccc(S(=O)(=O)Cl)c1. The lowest BCUT2D eigenvalue weighted by molar-refractivity contribution is 0.0958. The Morgan fingerprint density at radius 2 is 2.06 bits per heavy atom. The summed E-state index contributed by atoms with van der Waals surface area (Å²) < 4.78 is 22.3. The molecule has 0 aromatic heterocycles. The zero-order valence-electron chi connectivity index (χ0n) is 10.1. The van der Waals surface area contributed by atoms with Gasteiger partial charge in [0.15, 0.2) is 0 Å². The average Bonchev–Trinajstić information content (AvgIpc) is 2.27. The molecule has 18 heavy (non-hydrogen) atoms. The molecule has 0 saturated heterocycles. The lowest BCUT2D eigenvalue weighted by Gasteiger charge is -2.04. The number of hydrogen-bond donors (Lipinski definition) is 1. The van der Waals surface area contributed by atoms with Gasteiger partial charge in [0, 0.05) is 22.8 Å². The van der Waals surface area contributed by atoms with Gasteiger partial charge in [-0.1, -0.05) is 17.7 Å². The number of nitrogens with one attached hydrogen (secondary N) is 1. The Bertz CT molecular complexity index is 575. The smallest absolute Gasteiger partial charge is 0.261 e. The number of carbonyl (C=O) groups excluding carboxylic acids is 1. The zero-order chi connectivity index (χ0) is 13.8. The third kappa shape index (κ3) is 4.50. The number of benzene rings is 1. The predicted octanol–water partition coefficient (Wildman–Crippen LogP) is 2.31. The molecule has 0 heterocycles. The van der Waals surface area contributed by atoms with Crippen molar-refractivity contribution < 1.29 is 13.2 Å². The van der Waals surface area contributed by atoms with Crippen molar-refractivity contribution in [3.8, 4) is 0 Å². The van der Waals surface area contributed by atoms with Gasteiger partial charge in [0.1, 0.15) is 0 Å². The summed E-state index contributed by atoms with van der Waals surface area (Å²) in [5, 5.41) is 2.66. The lowest BCUT2D eigenvalue weighted by atomic mass is 10.2. The quantitative estimate of drug-likeness (QED) is 0.683. The fourth-order valence-corrected chi connectivity index (χ4v) is 2.04. The lowest BCUT2D eigenvalue weighted by Crippen LogP contribution is -2.23. The normalized spacial score (nSPS) is 10.8. The summed E-state index contributed by atoms with van der Waals surface area (Å²) in [5.74, 6) is -0.338. The Labute approximate surface area is 111 Å². The van der Waals surface area contributed by atoms with Gasteiger partial charge in [-0.25, -0.2) is 8.42 Å². The number of hydrogen-bond acceptors (Lipinski definition) is 3. The van der Waals surface area contributed by atoms with Crippen LogP contribution in [0.2, 0.25) is 0 Å². The number of amides is 1.